The fraction of sp³-hybridized carbons (Fsp3) is 0.529. The molecule has 3 heterocycles. The zero-order chi connectivity index (χ0) is 21.5. The van der Waals surface area contributed by atoms with Crippen molar-refractivity contribution in [3.8, 4) is 0 Å². The number of carbonyl (C=O) groups excluding carboxylic acids is 2. The maximum atomic E-state index is 12.5. The molecule has 12 heteroatoms. The number of hydrogen-bond acceptors (Lipinski definition) is 7. The van der Waals surface area contributed by atoms with Crippen LogP contribution in [0.5, 0.6) is 0 Å². The van der Waals surface area contributed by atoms with Gasteiger partial charge in [0.05, 0.1) is 6.33 Å². The van der Waals surface area contributed by atoms with E-state index in [1.165, 1.54) is 14.1 Å². The van der Waals surface area contributed by atoms with Crippen molar-refractivity contribution in [1.82, 2.24) is 24.0 Å². The van der Waals surface area contributed by atoms with Gasteiger partial charge in [0, 0.05) is 20.5 Å². The predicted molar refractivity (Wildman–Crippen MR) is 98.1 cm³/mol. The van der Waals surface area contributed by atoms with Gasteiger partial charge in [0.1, 0.15) is 0 Å². The molecule has 1 aliphatic rings. The van der Waals surface area contributed by atoms with E-state index in [0.29, 0.717) is 19.3 Å². The third kappa shape index (κ3) is 3.24. The van der Waals surface area contributed by atoms with Crippen molar-refractivity contribution >= 4 is 28.9 Å². The Bertz CT molecular complexity index is 1130. The maximum absolute atomic E-state index is 12.5. The summed E-state index contributed by atoms with van der Waals surface area (Å²) in [6.45, 7) is 0. The number of amides is 2. The maximum Gasteiger partial charge on any atom is 0.332 e. The van der Waals surface area contributed by atoms with Crippen LogP contribution in [0.2, 0.25) is 0 Å². The van der Waals surface area contributed by atoms with Crippen LogP contribution in [0.25, 0.3) is 11.2 Å². The lowest BCUT2D eigenvalue weighted by Crippen LogP contribution is -2.44. The summed E-state index contributed by atoms with van der Waals surface area (Å²) < 4.78 is 3.15. The quantitative estimate of drug-likeness (QED) is 0.364. The molecule has 3 N–H and O–H groups in total. The SMILES string of the molecule is Cn1c(=O)c2ncn(C3C(=O)NC(=O)C3(O)CCCCCC(=O)O)c2n(C)c1=O. The Morgan fingerprint density at radius 2 is 1.86 bits per heavy atom. The average Bonchev–Trinajstić information content (AvgIpc) is 3.17. The number of aromatic nitrogens is 4. The second kappa shape index (κ2) is 7.28. The van der Waals surface area contributed by atoms with Gasteiger partial charge in [-0.05, 0) is 19.3 Å². The number of rotatable bonds is 7. The lowest BCUT2D eigenvalue weighted by atomic mass is 9.89. The first-order valence-corrected chi connectivity index (χ1v) is 9.01. The third-order valence-corrected chi connectivity index (χ3v) is 5.22. The highest BCUT2D eigenvalue weighted by Gasteiger charge is 2.55. The van der Waals surface area contributed by atoms with E-state index in [0.717, 1.165) is 20.0 Å². The summed E-state index contributed by atoms with van der Waals surface area (Å²) in [7, 11) is 2.68. The number of imide groups is 1. The Labute approximate surface area is 163 Å². The van der Waals surface area contributed by atoms with E-state index in [2.05, 4.69) is 10.3 Å². The van der Waals surface area contributed by atoms with Crippen molar-refractivity contribution in [3.05, 3.63) is 27.2 Å². The molecule has 2 amide bonds. The number of imidazole rings is 1. The summed E-state index contributed by atoms with van der Waals surface area (Å²) in [5.41, 5.74) is -3.50. The summed E-state index contributed by atoms with van der Waals surface area (Å²) in [5.74, 6) is -2.61. The van der Waals surface area contributed by atoms with Crippen molar-refractivity contribution in [2.24, 2.45) is 14.1 Å². The minimum Gasteiger partial charge on any atom is -0.481 e. The molecule has 1 aliphatic heterocycles. The smallest absolute Gasteiger partial charge is 0.332 e. The Morgan fingerprint density at radius 3 is 2.52 bits per heavy atom. The van der Waals surface area contributed by atoms with Crippen LogP contribution in [0.3, 0.4) is 0 Å². The van der Waals surface area contributed by atoms with Gasteiger partial charge in [-0.15, -0.1) is 0 Å². The predicted octanol–water partition coefficient (Wildman–Crippen LogP) is -1.60. The minimum absolute atomic E-state index is 0.0113. The van der Waals surface area contributed by atoms with Gasteiger partial charge in [0.2, 0.25) is 0 Å². The summed E-state index contributed by atoms with van der Waals surface area (Å²) in [6, 6.07) is -1.42. The van der Waals surface area contributed by atoms with Crippen LogP contribution in [0.4, 0.5) is 0 Å². The van der Waals surface area contributed by atoms with E-state index < -0.39 is 40.7 Å². The number of aliphatic carboxylic acids is 1. The summed E-state index contributed by atoms with van der Waals surface area (Å²) in [6.07, 6.45) is 2.10. The molecule has 1 saturated heterocycles. The van der Waals surface area contributed by atoms with Gasteiger partial charge in [-0.25, -0.2) is 9.78 Å². The Balaban J connectivity index is 2.01. The molecule has 2 unspecified atom stereocenters. The third-order valence-electron chi connectivity index (χ3n) is 5.22. The van der Waals surface area contributed by atoms with Gasteiger partial charge in [-0.1, -0.05) is 6.42 Å². The molecule has 0 bridgehead atoms. The fourth-order valence-corrected chi connectivity index (χ4v) is 3.67. The van der Waals surface area contributed by atoms with Gasteiger partial charge < -0.3 is 14.8 Å². The van der Waals surface area contributed by atoms with Crippen molar-refractivity contribution in [2.45, 2.75) is 43.7 Å². The molecule has 0 aliphatic carbocycles. The second-order valence-corrected chi connectivity index (χ2v) is 7.13. The van der Waals surface area contributed by atoms with E-state index >= 15 is 0 Å². The van der Waals surface area contributed by atoms with Crippen molar-refractivity contribution in [1.29, 1.82) is 0 Å². The molecule has 29 heavy (non-hydrogen) atoms. The summed E-state index contributed by atoms with van der Waals surface area (Å²) >= 11 is 0. The van der Waals surface area contributed by atoms with Crippen molar-refractivity contribution < 1.29 is 24.6 Å². The molecule has 0 aromatic carbocycles. The minimum atomic E-state index is -2.12. The number of aryl methyl sites for hydroxylation is 1. The van der Waals surface area contributed by atoms with Gasteiger partial charge in [0.15, 0.2) is 22.8 Å². The molecule has 0 saturated carbocycles. The molecule has 2 aromatic heterocycles. The number of fused-ring (bicyclic) bond motifs is 1. The van der Waals surface area contributed by atoms with Crippen LogP contribution in [0.1, 0.15) is 38.1 Å². The van der Waals surface area contributed by atoms with Gasteiger partial charge in [-0.2, -0.15) is 0 Å². The van der Waals surface area contributed by atoms with E-state index in [1.807, 2.05) is 0 Å². The normalized spacial score (nSPS) is 21.7. The van der Waals surface area contributed by atoms with Gasteiger partial charge in [0.25, 0.3) is 17.4 Å². The van der Waals surface area contributed by atoms with Crippen LogP contribution >= 0.6 is 0 Å². The Morgan fingerprint density at radius 1 is 1.17 bits per heavy atom. The van der Waals surface area contributed by atoms with Crippen LogP contribution in [-0.4, -0.2) is 52.3 Å². The highest BCUT2D eigenvalue weighted by Crippen LogP contribution is 2.35. The molecule has 2 aromatic rings. The summed E-state index contributed by atoms with van der Waals surface area (Å²) in [4.78, 5) is 64.0. The van der Waals surface area contributed by atoms with Crippen LogP contribution in [0, 0.1) is 0 Å². The lowest BCUT2D eigenvalue weighted by molar-refractivity contribution is -0.139. The highest BCUT2D eigenvalue weighted by atomic mass is 16.4. The second-order valence-electron chi connectivity index (χ2n) is 7.13. The van der Waals surface area contributed by atoms with Gasteiger partial charge in [-0.3, -0.25) is 33.6 Å². The van der Waals surface area contributed by atoms with Crippen molar-refractivity contribution in [3.63, 3.8) is 0 Å². The first kappa shape index (κ1) is 20.5. The summed E-state index contributed by atoms with van der Waals surface area (Å²) in [5, 5.41) is 21.8. The number of nitrogens with one attached hydrogen (secondary N) is 1. The zero-order valence-electron chi connectivity index (χ0n) is 15.9. The van der Waals surface area contributed by atoms with E-state index in [9.17, 15) is 29.1 Å². The van der Waals surface area contributed by atoms with Crippen LogP contribution < -0.4 is 16.6 Å². The number of aliphatic hydroxyl groups is 1. The first-order chi connectivity index (χ1) is 13.6. The number of nitrogens with zero attached hydrogens (tertiary/aromatic N) is 4. The molecule has 0 spiro atoms. The molecular weight excluding hydrogens is 386 g/mol. The largest absolute Gasteiger partial charge is 0.481 e. The molecule has 0 radical (unpaired) electrons. The van der Waals surface area contributed by atoms with E-state index in [4.69, 9.17) is 5.11 Å². The Hall–Kier alpha value is -3.28. The topological polar surface area (TPSA) is 166 Å². The van der Waals surface area contributed by atoms with Crippen LogP contribution in [-0.2, 0) is 28.5 Å². The average molecular weight is 407 g/mol. The number of hydrogen-bond donors (Lipinski definition) is 3. The number of carbonyl (C=O) groups is 3. The monoisotopic (exact) mass is 407 g/mol. The standard InChI is InChI=1S/C17H21N5O7/c1-20-13-10(14(26)21(2)16(20)28)18-8-22(13)11-12(25)19-15(27)17(11,29)7-5-3-4-6-9(23)24/h8,11,29H,3-7H2,1-2H3,(H,23,24)(H,19,25,27). The lowest BCUT2D eigenvalue weighted by Gasteiger charge is -2.27. The van der Waals surface area contributed by atoms with E-state index in [-0.39, 0.29) is 24.0 Å². The number of unbranched alkanes of at least 4 members (excludes halogenated alkanes) is 2. The fourth-order valence-electron chi connectivity index (χ4n) is 3.67. The molecule has 1 fully saturated rings. The van der Waals surface area contributed by atoms with E-state index in [1.54, 1.807) is 0 Å². The van der Waals surface area contributed by atoms with Gasteiger partial charge >= 0.3 is 11.7 Å². The first-order valence-electron chi connectivity index (χ1n) is 9.01. The highest BCUT2D eigenvalue weighted by molar-refractivity contribution is 6.10. The Kier molecular flexibility index (Phi) is 5.13. The zero-order valence-corrected chi connectivity index (χ0v) is 15.9. The molecule has 156 valence electrons. The number of carboxylic acid groups (broad SMARTS) is 1. The molecule has 12 nitrogen and oxygen atoms in total. The van der Waals surface area contributed by atoms with Crippen LogP contribution in [0.15, 0.2) is 15.9 Å². The van der Waals surface area contributed by atoms with Crippen molar-refractivity contribution in [2.75, 3.05) is 0 Å². The molecule has 3 rings (SSSR count). The number of carboxylic acids is 1. The molecular formula is C17H21N5O7. The molecule has 2 atom stereocenters.